The highest BCUT2D eigenvalue weighted by Gasteiger charge is 2.53. The number of carbonyl (C=O) groups excluding carboxylic acids is 2. The highest BCUT2D eigenvalue weighted by atomic mass is 35.5. The summed E-state index contributed by atoms with van der Waals surface area (Å²) in [4.78, 5) is 40.3. The quantitative estimate of drug-likeness (QED) is 0.467. The number of hydrogen-bond acceptors (Lipinski definition) is 3. The van der Waals surface area contributed by atoms with E-state index in [1.54, 1.807) is 43.0 Å². The molecule has 1 saturated heterocycles. The number of carbonyl (C=O) groups is 3. The van der Waals surface area contributed by atoms with Crippen LogP contribution in [0.4, 0.5) is 0 Å². The number of halogens is 2. The molecule has 0 radical (unpaired) electrons. The average Bonchev–Trinajstić information content (AvgIpc) is 2.77. The first-order chi connectivity index (χ1) is 15.6. The Kier molecular flexibility index (Phi) is 7.72. The van der Waals surface area contributed by atoms with Gasteiger partial charge in [-0.3, -0.25) is 14.4 Å². The van der Waals surface area contributed by atoms with Crippen molar-refractivity contribution in [3.05, 3.63) is 69.1 Å². The molecule has 1 amide bonds. The largest absolute Gasteiger partial charge is 0.481 e. The number of carboxylic acids is 1. The second kappa shape index (κ2) is 10.2. The Bertz CT molecular complexity index is 1090. The maximum absolute atomic E-state index is 13.9. The van der Waals surface area contributed by atoms with E-state index in [1.807, 2.05) is 19.1 Å². The van der Waals surface area contributed by atoms with Crippen molar-refractivity contribution in [2.24, 2.45) is 11.3 Å². The minimum absolute atomic E-state index is 0.0650. The van der Waals surface area contributed by atoms with Gasteiger partial charge in [0.05, 0.1) is 23.9 Å². The summed E-state index contributed by atoms with van der Waals surface area (Å²) in [6.45, 7) is 5.30. The van der Waals surface area contributed by atoms with Crippen LogP contribution in [0.25, 0.3) is 0 Å². The predicted molar refractivity (Wildman–Crippen MR) is 128 cm³/mol. The molecule has 0 bridgehead atoms. The van der Waals surface area contributed by atoms with Crippen molar-refractivity contribution in [2.45, 2.75) is 58.5 Å². The van der Waals surface area contributed by atoms with Crippen molar-refractivity contribution >= 4 is 40.9 Å². The summed E-state index contributed by atoms with van der Waals surface area (Å²) in [5.41, 5.74) is 6.36. The molecule has 1 aliphatic heterocycles. The van der Waals surface area contributed by atoms with Crippen molar-refractivity contribution in [1.82, 2.24) is 4.90 Å². The Hall–Kier alpha value is -2.55. The molecule has 174 valence electrons. The van der Waals surface area contributed by atoms with Gasteiger partial charge in [-0.25, -0.2) is 0 Å². The third kappa shape index (κ3) is 5.18. The zero-order valence-corrected chi connectivity index (χ0v) is 20.4. The molecule has 33 heavy (non-hydrogen) atoms. The Morgan fingerprint density at radius 3 is 2.45 bits per heavy atom. The lowest BCUT2D eigenvalue weighted by Crippen LogP contribution is -2.58. The highest BCUT2D eigenvalue weighted by molar-refractivity contribution is 6.31. The third-order valence-electron chi connectivity index (χ3n) is 6.42. The van der Waals surface area contributed by atoms with Gasteiger partial charge in [-0.2, -0.15) is 0 Å². The number of piperidine rings is 1. The normalized spacial score (nSPS) is 25.5. The lowest BCUT2D eigenvalue weighted by atomic mass is 9.66. The van der Waals surface area contributed by atoms with E-state index >= 15 is 0 Å². The monoisotopic (exact) mass is 487 g/mol. The summed E-state index contributed by atoms with van der Waals surface area (Å²) < 4.78 is 0. The number of carboxylic acid groups (broad SMARTS) is 1. The zero-order valence-electron chi connectivity index (χ0n) is 18.9. The molecule has 4 atom stereocenters. The van der Waals surface area contributed by atoms with Crippen LogP contribution in [0.15, 0.2) is 58.5 Å². The van der Waals surface area contributed by atoms with Crippen molar-refractivity contribution in [1.29, 1.82) is 0 Å². The van der Waals surface area contributed by atoms with E-state index in [2.05, 4.69) is 11.5 Å². The van der Waals surface area contributed by atoms with Crippen LogP contribution >= 0.6 is 23.2 Å². The van der Waals surface area contributed by atoms with Gasteiger partial charge in [-0.15, -0.1) is 0 Å². The van der Waals surface area contributed by atoms with Gasteiger partial charge in [0.1, 0.15) is 0 Å². The maximum atomic E-state index is 13.9. The molecule has 7 heteroatoms. The molecule has 5 nitrogen and oxygen atoms in total. The van der Waals surface area contributed by atoms with Crippen molar-refractivity contribution < 1.29 is 19.5 Å². The number of aliphatic carboxylic acids is 1. The molecule has 1 unspecified atom stereocenters. The summed E-state index contributed by atoms with van der Waals surface area (Å²) in [7, 11) is 0. The molecule has 0 aromatic heterocycles. The first-order valence-corrected chi connectivity index (χ1v) is 11.8. The molecule has 1 heterocycles. The van der Waals surface area contributed by atoms with Crippen LogP contribution in [0.1, 0.15) is 58.1 Å². The molecule has 1 aliphatic carbocycles. The molecule has 1 aromatic carbocycles. The highest BCUT2D eigenvalue weighted by Crippen LogP contribution is 2.50. The van der Waals surface area contributed by atoms with Gasteiger partial charge in [0.2, 0.25) is 5.91 Å². The lowest BCUT2D eigenvalue weighted by molar-refractivity contribution is -0.164. The fourth-order valence-electron chi connectivity index (χ4n) is 4.90. The molecule has 0 spiro atoms. The minimum atomic E-state index is -1.20. The molecule has 1 aromatic rings. The van der Waals surface area contributed by atoms with E-state index in [-0.39, 0.29) is 36.9 Å². The number of hydrogen-bond donors (Lipinski definition) is 1. The fraction of sp³-hybridized carbons (Fsp3) is 0.423. The molecule has 3 rings (SSSR count). The standard InChI is InChI=1S/C26H27Cl2NO4/c1-4-21(22(30)5-2)29-24(16-9-11-18(27)12-10-16)20(17-7-6-8-19(28)13-17)14-26(3,25(29)33)15-23(31)32/h8-13,20-21,24H,4-5,14-15H2,1-3H3,(H,31,32)/t20-,21?,24-,26-/m1/s1. The van der Waals surface area contributed by atoms with E-state index in [9.17, 15) is 19.5 Å². The van der Waals surface area contributed by atoms with Crippen LogP contribution in [0.3, 0.4) is 0 Å². The van der Waals surface area contributed by atoms with Gasteiger partial charge in [0.15, 0.2) is 5.78 Å². The van der Waals surface area contributed by atoms with E-state index in [4.69, 9.17) is 23.2 Å². The van der Waals surface area contributed by atoms with Crippen LogP contribution < -0.4 is 0 Å². The summed E-state index contributed by atoms with van der Waals surface area (Å²) in [5.74, 6) is -1.81. The summed E-state index contributed by atoms with van der Waals surface area (Å²) in [6, 6.07) is 5.99. The van der Waals surface area contributed by atoms with E-state index in [0.29, 0.717) is 16.5 Å². The number of likely N-dealkylation sites (tertiary alicyclic amines) is 1. The number of benzene rings is 1. The van der Waals surface area contributed by atoms with Crippen molar-refractivity contribution in [3.63, 3.8) is 0 Å². The predicted octanol–water partition coefficient (Wildman–Crippen LogP) is 5.84. The number of amides is 1. The Morgan fingerprint density at radius 2 is 1.91 bits per heavy atom. The van der Waals surface area contributed by atoms with Gasteiger partial charge in [-0.1, -0.05) is 67.6 Å². The van der Waals surface area contributed by atoms with E-state index in [0.717, 1.165) is 11.1 Å². The van der Waals surface area contributed by atoms with Crippen molar-refractivity contribution in [3.8, 4) is 0 Å². The van der Waals surface area contributed by atoms with Gasteiger partial charge in [-0.05, 0) is 36.6 Å². The number of rotatable bonds is 8. The van der Waals surface area contributed by atoms with Gasteiger partial charge in [0.25, 0.3) is 0 Å². The smallest absolute Gasteiger partial charge is 0.304 e. The van der Waals surface area contributed by atoms with Gasteiger partial charge < -0.3 is 10.0 Å². The van der Waals surface area contributed by atoms with Crippen LogP contribution in [0.2, 0.25) is 5.02 Å². The molecule has 2 aliphatic rings. The second-order valence-corrected chi connectivity index (χ2v) is 9.67. The van der Waals surface area contributed by atoms with Crippen LogP contribution in [-0.4, -0.2) is 33.7 Å². The molecular formula is C26H27Cl2NO4. The molecular weight excluding hydrogens is 461 g/mol. The number of nitrogens with zero attached hydrogens (tertiary/aromatic N) is 1. The fourth-order valence-corrected chi connectivity index (χ4v) is 5.19. The topological polar surface area (TPSA) is 74.7 Å². The SMILES string of the molecule is CCC(=O)C(CC)N1C(=O)[C@@](C)(CC(=O)O)C[C@H](C2=C=C=CC(Cl)=C2)[C@H]1c1ccc(Cl)cc1. The number of Topliss-reactive ketones (excluding diaryl/α,β-unsaturated/α-hetero) is 1. The third-order valence-corrected chi connectivity index (χ3v) is 6.89. The molecule has 0 saturated carbocycles. The Labute approximate surface area is 204 Å². The van der Waals surface area contributed by atoms with Gasteiger partial charge in [0, 0.05) is 34.0 Å². The average molecular weight is 488 g/mol. The van der Waals surface area contributed by atoms with Crippen LogP contribution in [0.5, 0.6) is 0 Å². The van der Waals surface area contributed by atoms with Crippen molar-refractivity contribution in [2.75, 3.05) is 0 Å². The van der Waals surface area contributed by atoms with E-state index in [1.165, 1.54) is 0 Å². The Balaban J connectivity index is 2.27. The summed E-state index contributed by atoms with van der Waals surface area (Å²) in [6.07, 6.45) is 3.98. The molecule has 1 N–H and O–H groups in total. The summed E-state index contributed by atoms with van der Waals surface area (Å²) in [5, 5.41) is 10.6. The van der Waals surface area contributed by atoms with Crippen LogP contribution in [-0.2, 0) is 14.4 Å². The number of allylic oxidation sites excluding steroid dienone is 3. The minimum Gasteiger partial charge on any atom is -0.481 e. The van der Waals surface area contributed by atoms with Gasteiger partial charge >= 0.3 is 5.97 Å². The van der Waals surface area contributed by atoms with Crippen LogP contribution in [0, 0.1) is 11.3 Å². The number of ketones is 1. The summed E-state index contributed by atoms with van der Waals surface area (Å²) >= 11 is 12.4. The maximum Gasteiger partial charge on any atom is 0.304 e. The first kappa shape index (κ1) is 25.1. The van der Waals surface area contributed by atoms with E-state index < -0.39 is 23.5 Å². The Morgan fingerprint density at radius 1 is 1.24 bits per heavy atom. The zero-order chi connectivity index (χ0) is 24.3. The lowest BCUT2D eigenvalue weighted by Gasteiger charge is -2.51. The second-order valence-electron chi connectivity index (χ2n) is 8.79. The molecule has 1 fully saturated rings. The first-order valence-electron chi connectivity index (χ1n) is 11.0.